The summed E-state index contributed by atoms with van der Waals surface area (Å²) in [6.45, 7) is 4.70. The molecule has 0 amide bonds. The smallest absolute Gasteiger partial charge is 0.329 e. The minimum Gasteiger partial charge on any atom is -0.348 e. The van der Waals surface area contributed by atoms with Crippen LogP contribution in [0.2, 0.25) is 0 Å². The topological polar surface area (TPSA) is 72.2 Å². The highest BCUT2D eigenvalue weighted by molar-refractivity contribution is 5.57. The van der Waals surface area contributed by atoms with Gasteiger partial charge in [-0.3, -0.25) is 10.1 Å². The number of nitro groups is 1. The monoisotopic (exact) mass is 236 g/mol. The van der Waals surface area contributed by atoms with E-state index in [1.54, 1.807) is 6.92 Å². The quantitative estimate of drug-likeness (QED) is 0.593. The lowest BCUT2D eigenvalue weighted by molar-refractivity contribution is -0.384. The van der Waals surface area contributed by atoms with Gasteiger partial charge in [-0.1, -0.05) is 6.92 Å². The van der Waals surface area contributed by atoms with Gasteiger partial charge in [0.2, 0.25) is 5.82 Å². The number of hydrogen-bond donors (Lipinski definition) is 0. The summed E-state index contributed by atoms with van der Waals surface area (Å²) in [5.41, 5.74) is 0.0101. The van der Waals surface area contributed by atoms with Crippen LogP contribution in [0.1, 0.15) is 32.0 Å². The zero-order chi connectivity index (χ0) is 12.4. The van der Waals surface area contributed by atoms with Crippen molar-refractivity contribution < 1.29 is 4.92 Å². The number of nitrogens with zero attached hydrogens (tertiary/aromatic N) is 4. The summed E-state index contributed by atoms with van der Waals surface area (Å²) in [5, 5.41) is 11.0. The molecule has 0 saturated carbocycles. The summed E-state index contributed by atoms with van der Waals surface area (Å²) in [6, 6.07) is 0.364. The van der Waals surface area contributed by atoms with E-state index >= 15 is 0 Å². The van der Waals surface area contributed by atoms with Crippen molar-refractivity contribution in [2.75, 3.05) is 11.4 Å². The maximum absolute atomic E-state index is 11.0. The fourth-order valence-electron chi connectivity index (χ4n) is 2.33. The predicted molar refractivity (Wildman–Crippen MR) is 64.1 cm³/mol. The van der Waals surface area contributed by atoms with Crippen molar-refractivity contribution in [1.29, 1.82) is 0 Å². The third kappa shape index (κ3) is 2.20. The second-order valence-corrected chi connectivity index (χ2v) is 4.28. The van der Waals surface area contributed by atoms with Gasteiger partial charge in [-0.25, -0.2) is 9.97 Å². The van der Waals surface area contributed by atoms with Crippen molar-refractivity contribution in [2.45, 2.75) is 39.2 Å². The van der Waals surface area contributed by atoms with Crippen LogP contribution in [0.5, 0.6) is 0 Å². The maximum Gasteiger partial charge on any atom is 0.329 e. The van der Waals surface area contributed by atoms with E-state index in [0.717, 1.165) is 25.8 Å². The molecule has 1 aliphatic rings. The Balaban J connectivity index is 2.42. The van der Waals surface area contributed by atoms with Gasteiger partial charge in [0.05, 0.1) is 4.92 Å². The van der Waals surface area contributed by atoms with Crippen LogP contribution in [-0.4, -0.2) is 27.5 Å². The normalized spacial score (nSPS) is 19.6. The largest absolute Gasteiger partial charge is 0.348 e. The number of aromatic nitrogens is 2. The van der Waals surface area contributed by atoms with Gasteiger partial charge in [-0.15, -0.1) is 0 Å². The molecule has 1 aromatic rings. The molecule has 1 aliphatic heterocycles. The molecule has 0 spiro atoms. The van der Waals surface area contributed by atoms with E-state index in [1.165, 1.54) is 6.20 Å². The SMILES string of the molecule is CCC1CCCN1c1nc(C)ncc1[N+](=O)[O-]. The predicted octanol–water partition coefficient (Wildman–Crippen LogP) is 2.07. The first-order valence-electron chi connectivity index (χ1n) is 5.88. The van der Waals surface area contributed by atoms with Crippen molar-refractivity contribution in [3.63, 3.8) is 0 Å². The summed E-state index contributed by atoms with van der Waals surface area (Å²) in [7, 11) is 0. The molecule has 2 rings (SSSR count). The molecule has 1 saturated heterocycles. The van der Waals surface area contributed by atoms with Crippen LogP contribution in [0.15, 0.2) is 6.20 Å². The Kier molecular flexibility index (Phi) is 3.21. The third-order valence-electron chi connectivity index (χ3n) is 3.19. The average molecular weight is 236 g/mol. The zero-order valence-corrected chi connectivity index (χ0v) is 10.1. The van der Waals surface area contributed by atoms with E-state index in [-0.39, 0.29) is 5.69 Å². The minimum atomic E-state index is -0.403. The highest BCUT2D eigenvalue weighted by Gasteiger charge is 2.30. The van der Waals surface area contributed by atoms with Gasteiger partial charge in [0, 0.05) is 12.6 Å². The van der Waals surface area contributed by atoms with Crippen molar-refractivity contribution in [1.82, 2.24) is 9.97 Å². The van der Waals surface area contributed by atoms with E-state index in [1.807, 2.05) is 4.90 Å². The Morgan fingerprint density at radius 3 is 3.06 bits per heavy atom. The molecule has 0 bridgehead atoms. The summed E-state index contributed by atoms with van der Waals surface area (Å²) in [4.78, 5) is 20.8. The standard InChI is InChI=1S/C11H16N4O2/c1-3-9-5-4-6-14(9)11-10(15(16)17)7-12-8(2)13-11/h7,9H,3-6H2,1-2H3. The van der Waals surface area contributed by atoms with Crippen LogP contribution >= 0.6 is 0 Å². The van der Waals surface area contributed by atoms with Crippen molar-refractivity contribution >= 4 is 11.5 Å². The van der Waals surface area contributed by atoms with Gasteiger partial charge in [-0.05, 0) is 26.2 Å². The Labute approximate surface area is 99.8 Å². The molecule has 0 radical (unpaired) electrons. The number of rotatable bonds is 3. The first-order chi connectivity index (χ1) is 8.13. The summed E-state index contributed by atoms with van der Waals surface area (Å²) >= 11 is 0. The Morgan fingerprint density at radius 2 is 2.41 bits per heavy atom. The Bertz CT molecular complexity index is 435. The number of aryl methyl sites for hydroxylation is 1. The van der Waals surface area contributed by atoms with Crippen LogP contribution in [0, 0.1) is 17.0 Å². The average Bonchev–Trinajstić information content (AvgIpc) is 2.76. The first kappa shape index (κ1) is 11.8. The van der Waals surface area contributed by atoms with E-state index in [4.69, 9.17) is 0 Å². The molecule has 0 aliphatic carbocycles. The Morgan fingerprint density at radius 1 is 1.65 bits per heavy atom. The number of hydrogen-bond acceptors (Lipinski definition) is 5. The van der Waals surface area contributed by atoms with Gasteiger partial charge in [-0.2, -0.15) is 0 Å². The minimum absolute atomic E-state index is 0.0101. The summed E-state index contributed by atoms with van der Waals surface area (Å²) in [6.07, 6.45) is 4.44. The van der Waals surface area contributed by atoms with Gasteiger partial charge >= 0.3 is 5.69 Å². The molecule has 6 nitrogen and oxygen atoms in total. The van der Waals surface area contributed by atoms with E-state index < -0.39 is 4.92 Å². The molecule has 1 fully saturated rings. The fourth-order valence-corrected chi connectivity index (χ4v) is 2.33. The highest BCUT2D eigenvalue weighted by atomic mass is 16.6. The lowest BCUT2D eigenvalue weighted by Gasteiger charge is -2.24. The van der Waals surface area contributed by atoms with Crippen molar-refractivity contribution in [2.24, 2.45) is 0 Å². The summed E-state index contributed by atoms with van der Waals surface area (Å²) in [5.74, 6) is 1.05. The van der Waals surface area contributed by atoms with Crippen molar-refractivity contribution in [3.8, 4) is 0 Å². The van der Waals surface area contributed by atoms with E-state index in [2.05, 4.69) is 16.9 Å². The maximum atomic E-state index is 11.0. The Hall–Kier alpha value is -1.72. The molecule has 6 heteroatoms. The van der Waals surface area contributed by atoms with Crippen LogP contribution in [0.4, 0.5) is 11.5 Å². The van der Waals surface area contributed by atoms with E-state index in [9.17, 15) is 10.1 Å². The number of anilines is 1. The third-order valence-corrected chi connectivity index (χ3v) is 3.19. The second kappa shape index (κ2) is 4.65. The van der Waals surface area contributed by atoms with Crippen LogP contribution in [0.3, 0.4) is 0 Å². The van der Waals surface area contributed by atoms with E-state index in [0.29, 0.717) is 17.7 Å². The van der Waals surface area contributed by atoms with Crippen molar-refractivity contribution in [3.05, 3.63) is 22.1 Å². The lowest BCUT2D eigenvalue weighted by Crippen LogP contribution is -2.30. The zero-order valence-electron chi connectivity index (χ0n) is 10.1. The molecule has 92 valence electrons. The van der Waals surface area contributed by atoms with Gasteiger partial charge in [0.25, 0.3) is 0 Å². The molecule has 0 N–H and O–H groups in total. The molecule has 1 aromatic heterocycles. The highest BCUT2D eigenvalue weighted by Crippen LogP contribution is 2.32. The second-order valence-electron chi connectivity index (χ2n) is 4.28. The molecule has 0 aromatic carbocycles. The lowest BCUT2D eigenvalue weighted by atomic mass is 10.2. The fraction of sp³-hybridized carbons (Fsp3) is 0.636. The molecular formula is C11H16N4O2. The molecule has 2 heterocycles. The van der Waals surface area contributed by atoms with Crippen LogP contribution in [-0.2, 0) is 0 Å². The van der Waals surface area contributed by atoms with Gasteiger partial charge < -0.3 is 4.90 Å². The van der Waals surface area contributed by atoms with Crippen LogP contribution in [0.25, 0.3) is 0 Å². The first-order valence-corrected chi connectivity index (χ1v) is 5.88. The molecule has 1 unspecified atom stereocenters. The van der Waals surface area contributed by atoms with Gasteiger partial charge in [0.1, 0.15) is 12.0 Å². The molecular weight excluding hydrogens is 220 g/mol. The van der Waals surface area contributed by atoms with Crippen LogP contribution < -0.4 is 4.90 Å². The van der Waals surface area contributed by atoms with Gasteiger partial charge in [0.15, 0.2) is 0 Å². The molecule has 1 atom stereocenters. The molecule has 17 heavy (non-hydrogen) atoms. The summed E-state index contributed by atoms with van der Waals surface area (Å²) < 4.78 is 0.